The molecule has 0 aliphatic carbocycles. The van der Waals surface area contributed by atoms with Crippen LogP contribution in [0.3, 0.4) is 0 Å². The molecular formula is C22H27FN4O2. The third kappa shape index (κ3) is 4.12. The van der Waals surface area contributed by atoms with Crippen molar-refractivity contribution in [3.8, 4) is 6.07 Å². The minimum absolute atomic E-state index is 0.180. The van der Waals surface area contributed by atoms with Crippen molar-refractivity contribution < 1.29 is 14.0 Å². The summed E-state index contributed by atoms with van der Waals surface area (Å²) >= 11 is 0. The average Bonchev–Trinajstić information content (AvgIpc) is 3.28. The highest BCUT2D eigenvalue weighted by Crippen LogP contribution is 2.26. The number of rotatable bonds is 5. The van der Waals surface area contributed by atoms with Crippen molar-refractivity contribution in [2.75, 3.05) is 13.6 Å². The summed E-state index contributed by atoms with van der Waals surface area (Å²) in [6.07, 6.45) is 1.13. The van der Waals surface area contributed by atoms with E-state index in [2.05, 4.69) is 11.1 Å². The van der Waals surface area contributed by atoms with E-state index < -0.39 is 17.9 Å². The first-order valence-corrected chi connectivity index (χ1v) is 9.97. The smallest absolute Gasteiger partial charge is 0.270 e. The molecule has 1 aliphatic rings. The number of nitrogens with zero attached hydrogens (tertiary/aromatic N) is 3. The fourth-order valence-corrected chi connectivity index (χ4v) is 4.04. The minimum Gasteiger partial charge on any atom is -0.350 e. The molecule has 0 bridgehead atoms. The number of carbonyl (C=O) groups excluding carboxylic acids is 2. The van der Waals surface area contributed by atoms with Gasteiger partial charge in [0, 0.05) is 24.5 Å². The highest BCUT2D eigenvalue weighted by Gasteiger charge is 2.39. The largest absolute Gasteiger partial charge is 0.350 e. The Labute approximate surface area is 170 Å². The zero-order chi connectivity index (χ0) is 21.3. The highest BCUT2D eigenvalue weighted by atomic mass is 19.1. The molecule has 1 N–H and O–H groups in total. The maximum absolute atomic E-state index is 14.0. The van der Waals surface area contributed by atoms with Crippen molar-refractivity contribution in [1.82, 2.24) is 14.8 Å². The van der Waals surface area contributed by atoms with Crippen molar-refractivity contribution >= 4 is 22.7 Å². The monoisotopic (exact) mass is 398 g/mol. The number of likely N-dealkylation sites (N-methyl/N-ethyl adjacent to an activating group) is 1. The molecule has 3 atom stereocenters. The Hall–Kier alpha value is -2.88. The molecule has 154 valence electrons. The molecule has 3 rings (SSSR count). The number of aromatic nitrogens is 1. The summed E-state index contributed by atoms with van der Waals surface area (Å²) < 4.78 is 14.0. The Morgan fingerprint density at radius 2 is 2.14 bits per heavy atom. The lowest BCUT2D eigenvalue weighted by atomic mass is 10.0. The van der Waals surface area contributed by atoms with Gasteiger partial charge in [0.25, 0.3) is 5.91 Å². The van der Waals surface area contributed by atoms with Gasteiger partial charge in [0.15, 0.2) is 0 Å². The van der Waals surface area contributed by atoms with Crippen LogP contribution in [0.15, 0.2) is 24.3 Å². The Kier molecular flexibility index (Phi) is 5.92. The molecule has 1 aliphatic heterocycles. The van der Waals surface area contributed by atoms with Gasteiger partial charge in [-0.3, -0.25) is 9.59 Å². The van der Waals surface area contributed by atoms with Crippen molar-refractivity contribution in [2.24, 2.45) is 11.8 Å². The molecule has 1 aromatic carbocycles. The lowest BCUT2D eigenvalue weighted by molar-refractivity contribution is -0.136. The van der Waals surface area contributed by atoms with Crippen LogP contribution in [0.25, 0.3) is 10.9 Å². The zero-order valence-electron chi connectivity index (χ0n) is 17.3. The lowest BCUT2D eigenvalue weighted by Crippen LogP contribution is -2.51. The molecule has 2 heterocycles. The molecular weight excluding hydrogens is 371 g/mol. The maximum atomic E-state index is 14.0. The van der Waals surface area contributed by atoms with Crippen LogP contribution in [0.1, 0.15) is 44.1 Å². The number of halogens is 1. The number of H-pyrrole nitrogens is 1. The minimum atomic E-state index is -0.681. The molecule has 29 heavy (non-hydrogen) atoms. The molecule has 3 unspecified atom stereocenters. The summed E-state index contributed by atoms with van der Waals surface area (Å²) in [6, 6.07) is 7.18. The molecule has 2 aromatic rings. The van der Waals surface area contributed by atoms with Crippen LogP contribution in [0.5, 0.6) is 0 Å². The third-order valence-corrected chi connectivity index (χ3v) is 5.55. The van der Waals surface area contributed by atoms with E-state index in [1.54, 1.807) is 24.1 Å². The van der Waals surface area contributed by atoms with Gasteiger partial charge in [0.2, 0.25) is 5.91 Å². The molecule has 1 fully saturated rings. The molecule has 0 saturated carbocycles. The second kappa shape index (κ2) is 8.24. The summed E-state index contributed by atoms with van der Waals surface area (Å²) in [5.41, 5.74) is 0.771. The Balaban J connectivity index is 1.89. The molecule has 1 aromatic heterocycles. The molecule has 7 heteroatoms. The predicted octanol–water partition coefficient (Wildman–Crippen LogP) is 3.55. The van der Waals surface area contributed by atoms with Crippen LogP contribution in [0.2, 0.25) is 0 Å². The Morgan fingerprint density at radius 1 is 1.41 bits per heavy atom. The van der Waals surface area contributed by atoms with Gasteiger partial charge in [-0.05, 0) is 42.9 Å². The van der Waals surface area contributed by atoms with Gasteiger partial charge >= 0.3 is 0 Å². The van der Waals surface area contributed by atoms with Gasteiger partial charge in [-0.1, -0.05) is 26.8 Å². The first kappa shape index (κ1) is 20.8. The number of carbonyl (C=O) groups is 2. The number of likely N-dealkylation sites (tertiary alicyclic amines) is 1. The molecule has 6 nitrogen and oxygen atoms in total. The number of aromatic amines is 1. The molecule has 2 amide bonds. The van der Waals surface area contributed by atoms with Crippen molar-refractivity contribution in [2.45, 2.75) is 45.7 Å². The number of hydrogen-bond acceptors (Lipinski definition) is 3. The fraction of sp³-hybridized carbons (Fsp3) is 0.500. The standard InChI is InChI=1S/C22H27FN4O2/c1-13(2)8-20(22(29)27-12-14(3)9-15(27)11-24)26(4)21(28)19-10-16-17(23)6-5-7-18(16)25-19/h5-7,10,13-15,20,25H,8-9,12H2,1-4H3. The van der Waals surface area contributed by atoms with Gasteiger partial charge in [0.1, 0.15) is 23.6 Å². The summed E-state index contributed by atoms with van der Waals surface area (Å²) in [5.74, 6) is -0.549. The van der Waals surface area contributed by atoms with Crippen LogP contribution in [-0.4, -0.2) is 52.3 Å². The van der Waals surface area contributed by atoms with Gasteiger partial charge < -0.3 is 14.8 Å². The number of amides is 2. The summed E-state index contributed by atoms with van der Waals surface area (Å²) in [6.45, 7) is 6.52. The van der Waals surface area contributed by atoms with E-state index in [0.29, 0.717) is 30.3 Å². The molecule has 0 radical (unpaired) electrons. The summed E-state index contributed by atoms with van der Waals surface area (Å²) in [5, 5.41) is 9.78. The average molecular weight is 398 g/mol. The van der Waals surface area contributed by atoms with Crippen LogP contribution >= 0.6 is 0 Å². The van der Waals surface area contributed by atoms with E-state index >= 15 is 0 Å². The van der Waals surface area contributed by atoms with Crippen LogP contribution < -0.4 is 0 Å². The summed E-state index contributed by atoms with van der Waals surface area (Å²) in [7, 11) is 1.59. The predicted molar refractivity (Wildman–Crippen MR) is 108 cm³/mol. The number of nitriles is 1. The number of hydrogen-bond donors (Lipinski definition) is 1. The second-order valence-corrected chi connectivity index (χ2v) is 8.42. The van der Waals surface area contributed by atoms with Gasteiger partial charge in [-0.15, -0.1) is 0 Å². The Bertz CT molecular complexity index is 961. The number of benzene rings is 1. The first-order chi connectivity index (χ1) is 13.7. The van der Waals surface area contributed by atoms with E-state index in [-0.39, 0.29) is 29.3 Å². The van der Waals surface area contributed by atoms with Crippen molar-refractivity contribution in [1.29, 1.82) is 5.26 Å². The normalized spacial score (nSPS) is 20.1. The topological polar surface area (TPSA) is 80.2 Å². The van der Waals surface area contributed by atoms with Crippen LogP contribution in [0.4, 0.5) is 4.39 Å². The van der Waals surface area contributed by atoms with Gasteiger partial charge in [-0.25, -0.2) is 4.39 Å². The maximum Gasteiger partial charge on any atom is 0.270 e. The van der Waals surface area contributed by atoms with Crippen molar-refractivity contribution in [3.05, 3.63) is 35.8 Å². The number of fused-ring (bicyclic) bond motifs is 1. The highest BCUT2D eigenvalue weighted by molar-refractivity contribution is 6.00. The van der Waals surface area contributed by atoms with E-state index in [0.717, 1.165) is 0 Å². The SMILES string of the molecule is CC(C)CC(C(=O)N1CC(C)CC1C#N)N(C)C(=O)c1cc2c(F)cccc2[nH]1. The zero-order valence-corrected chi connectivity index (χ0v) is 17.3. The molecule has 1 saturated heterocycles. The second-order valence-electron chi connectivity index (χ2n) is 8.42. The quantitative estimate of drug-likeness (QED) is 0.836. The van der Waals surface area contributed by atoms with Gasteiger partial charge in [0.05, 0.1) is 6.07 Å². The molecule has 0 spiro atoms. The first-order valence-electron chi connectivity index (χ1n) is 9.97. The summed E-state index contributed by atoms with van der Waals surface area (Å²) in [4.78, 5) is 32.4. The van der Waals surface area contributed by atoms with Crippen LogP contribution in [-0.2, 0) is 4.79 Å². The van der Waals surface area contributed by atoms with Gasteiger partial charge in [-0.2, -0.15) is 5.26 Å². The third-order valence-electron chi connectivity index (χ3n) is 5.55. The Morgan fingerprint density at radius 3 is 2.76 bits per heavy atom. The van der Waals surface area contributed by atoms with E-state index in [1.165, 1.54) is 17.0 Å². The van der Waals surface area contributed by atoms with Crippen molar-refractivity contribution in [3.63, 3.8) is 0 Å². The van der Waals surface area contributed by atoms with E-state index in [9.17, 15) is 19.2 Å². The lowest BCUT2D eigenvalue weighted by Gasteiger charge is -2.32. The van der Waals surface area contributed by atoms with E-state index in [1.807, 2.05) is 20.8 Å². The van der Waals surface area contributed by atoms with Crippen LogP contribution in [0, 0.1) is 29.0 Å². The number of nitrogens with one attached hydrogen (secondary N) is 1. The van der Waals surface area contributed by atoms with E-state index in [4.69, 9.17) is 0 Å². The fourth-order valence-electron chi connectivity index (χ4n) is 4.04.